The smallest absolute Gasteiger partial charge is 0.300 e. The lowest BCUT2D eigenvalue weighted by Crippen LogP contribution is -2.29. The standard InChI is InChI=1S/C23H14F2N2O5/c24-15-5-1-13(2-6-15)20-19(21(28)14-3-9-18(10-4-14)27(31)32)22(29)23(30)26(20)17-11-7-16(25)8-12-17/h1-12,20,28H/b21-19-. The molecule has 1 fully saturated rings. The van der Waals surface area contributed by atoms with E-state index in [1.807, 2.05) is 0 Å². The second-order valence-corrected chi connectivity index (χ2v) is 7.00. The number of nitro benzene ring substituents is 1. The molecule has 0 radical (unpaired) electrons. The summed E-state index contributed by atoms with van der Waals surface area (Å²) in [5.41, 5.74) is 0.118. The third-order valence-corrected chi connectivity index (χ3v) is 5.09. The van der Waals surface area contributed by atoms with E-state index < -0.39 is 40.0 Å². The number of anilines is 1. The highest BCUT2D eigenvalue weighted by Crippen LogP contribution is 2.42. The zero-order chi connectivity index (χ0) is 23.0. The van der Waals surface area contributed by atoms with Crippen LogP contribution in [-0.4, -0.2) is 21.7 Å². The fourth-order valence-electron chi connectivity index (χ4n) is 3.56. The molecule has 32 heavy (non-hydrogen) atoms. The largest absolute Gasteiger partial charge is 0.507 e. The fraction of sp³-hybridized carbons (Fsp3) is 0.0435. The van der Waals surface area contributed by atoms with Crippen molar-refractivity contribution in [3.63, 3.8) is 0 Å². The first-order chi connectivity index (χ1) is 15.3. The number of Topliss-reactive ketones (excluding diaryl/α,β-unsaturated/α-hetero) is 1. The number of aliphatic hydroxyl groups is 1. The molecule has 9 heteroatoms. The first-order valence-corrected chi connectivity index (χ1v) is 9.35. The molecule has 3 aromatic rings. The van der Waals surface area contributed by atoms with Gasteiger partial charge in [0.2, 0.25) is 0 Å². The summed E-state index contributed by atoms with van der Waals surface area (Å²) >= 11 is 0. The predicted octanol–water partition coefficient (Wildman–Crippen LogP) is 4.50. The van der Waals surface area contributed by atoms with Gasteiger partial charge in [-0.3, -0.25) is 24.6 Å². The molecule has 4 rings (SSSR count). The quantitative estimate of drug-likeness (QED) is 0.213. The molecule has 1 unspecified atom stereocenters. The molecule has 1 saturated heterocycles. The van der Waals surface area contributed by atoms with Gasteiger partial charge in [-0.15, -0.1) is 0 Å². The van der Waals surface area contributed by atoms with Crippen molar-refractivity contribution in [1.29, 1.82) is 0 Å². The summed E-state index contributed by atoms with van der Waals surface area (Å²) in [5, 5.41) is 21.8. The Morgan fingerprint density at radius 2 is 1.41 bits per heavy atom. The Morgan fingerprint density at radius 3 is 1.94 bits per heavy atom. The van der Waals surface area contributed by atoms with Crippen molar-refractivity contribution >= 4 is 28.8 Å². The van der Waals surface area contributed by atoms with Crippen molar-refractivity contribution < 1.29 is 28.4 Å². The second-order valence-electron chi connectivity index (χ2n) is 7.00. The lowest BCUT2D eigenvalue weighted by Gasteiger charge is -2.25. The molecule has 0 saturated carbocycles. The lowest BCUT2D eigenvalue weighted by atomic mass is 9.95. The molecule has 160 valence electrons. The number of benzene rings is 3. The number of hydrogen-bond donors (Lipinski definition) is 1. The fourth-order valence-corrected chi connectivity index (χ4v) is 3.56. The predicted molar refractivity (Wildman–Crippen MR) is 111 cm³/mol. The minimum atomic E-state index is -1.13. The number of hydrogen-bond acceptors (Lipinski definition) is 5. The summed E-state index contributed by atoms with van der Waals surface area (Å²) in [5.74, 6) is -3.59. The van der Waals surface area contributed by atoms with E-state index in [9.17, 15) is 33.6 Å². The Labute approximate surface area is 180 Å². The molecule has 1 heterocycles. The first-order valence-electron chi connectivity index (χ1n) is 9.35. The lowest BCUT2D eigenvalue weighted by molar-refractivity contribution is -0.384. The highest BCUT2D eigenvalue weighted by Gasteiger charge is 2.47. The monoisotopic (exact) mass is 436 g/mol. The SMILES string of the molecule is O=C1C(=O)N(c2ccc(F)cc2)C(c2ccc(F)cc2)/C1=C(/O)c1ccc([N+](=O)[O-])cc1. The van der Waals surface area contributed by atoms with Gasteiger partial charge in [-0.1, -0.05) is 12.1 Å². The van der Waals surface area contributed by atoms with Crippen LogP contribution < -0.4 is 4.90 Å². The maximum atomic E-state index is 13.5. The summed E-state index contributed by atoms with van der Waals surface area (Å²) in [4.78, 5) is 37.2. The number of nitro groups is 1. The summed E-state index contributed by atoms with van der Waals surface area (Å²) in [7, 11) is 0. The van der Waals surface area contributed by atoms with Crippen molar-refractivity contribution in [1.82, 2.24) is 0 Å². The number of nitrogens with zero attached hydrogens (tertiary/aromatic N) is 2. The Bertz CT molecular complexity index is 1250. The summed E-state index contributed by atoms with van der Waals surface area (Å²) in [6.07, 6.45) is 0. The van der Waals surface area contributed by atoms with Crippen LogP contribution in [0.1, 0.15) is 17.2 Å². The van der Waals surface area contributed by atoms with Crippen LogP contribution >= 0.6 is 0 Å². The van der Waals surface area contributed by atoms with Gasteiger partial charge in [0.1, 0.15) is 17.4 Å². The molecule has 1 atom stereocenters. The van der Waals surface area contributed by atoms with E-state index in [2.05, 4.69) is 0 Å². The highest BCUT2D eigenvalue weighted by atomic mass is 19.1. The van der Waals surface area contributed by atoms with Crippen molar-refractivity contribution in [3.05, 3.63) is 111 Å². The zero-order valence-corrected chi connectivity index (χ0v) is 16.2. The van der Waals surface area contributed by atoms with Crippen LogP contribution in [0.4, 0.5) is 20.2 Å². The van der Waals surface area contributed by atoms with E-state index >= 15 is 0 Å². The third-order valence-electron chi connectivity index (χ3n) is 5.09. The number of carbonyl (C=O) groups excluding carboxylic acids is 2. The Balaban J connectivity index is 1.90. The van der Waals surface area contributed by atoms with Crippen molar-refractivity contribution in [2.24, 2.45) is 0 Å². The van der Waals surface area contributed by atoms with Gasteiger partial charge >= 0.3 is 0 Å². The Kier molecular flexibility index (Phi) is 5.23. The second kappa shape index (κ2) is 8.03. The van der Waals surface area contributed by atoms with Crippen molar-refractivity contribution in [2.45, 2.75) is 6.04 Å². The number of halogens is 2. The highest BCUT2D eigenvalue weighted by molar-refractivity contribution is 6.51. The van der Waals surface area contributed by atoms with Crippen LogP contribution in [0, 0.1) is 21.7 Å². The van der Waals surface area contributed by atoms with E-state index in [0.717, 1.165) is 41.3 Å². The first kappa shape index (κ1) is 20.9. The number of rotatable bonds is 4. The number of carbonyl (C=O) groups is 2. The summed E-state index contributed by atoms with van der Waals surface area (Å²) in [6, 6.07) is 13.5. The van der Waals surface area contributed by atoms with E-state index in [0.29, 0.717) is 5.56 Å². The molecular formula is C23H14F2N2O5. The number of non-ortho nitro benzene ring substituents is 1. The van der Waals surface area contributed by atoms with Gasteiger partial charge in [0.05, 0.1) is 16.5 Å². The number of amides is 1. The third kappa shape index (κ3) is 3.60. The molecule has 7 nitrogen and oxygen atoms in total. The minimum absolute atomic E-state index is 0.0832. The van der Waals surface area contributed by atoms with Gasteiger partial charge in [0, 0.05) is 23.4 Å². The van der Waals surface area contributed by atoms with E-state index in [1.54, 1.807) is 0 Å². The Hall–Kier alpha value is -4.40. The van der Waals surface area contributed by atoms with Crippen LogP contribution in [0.2, 0.25) is 0 Å². The molecule has 3 aromatic carbocycles. The van der Waals surface area contributed by atoms with Crippen molar-refractivity contribution in [3.8, 4) is 0 Å². The summed E-state index contributed by atoms with van der Waals surface area (Å²) in [6.45, 7) is 0. The molecule has 0 aromatic heterocycles. The summed E-state index contributed by atoms with van der Waals surface area (Å²) < 4.78 is 26.9. The van der Waals surface area contributed by atoms with E-state index in [-0.39, 0.29) is 22.5 Å². The van der Waals surface area contributed by atoms with Gasteiger partial charge in [0.25, 0.3) is 17.4 Å². The van der Waals surface area contributed by atoms with Crippen LogP contribution in [0.25, 0.3) is 5.76 Å². The van der Waals surface area contributed by atoms with E-state index in [1.165, 1.54) is 36.4 Å². The molecule has 1 aliphatic heterocycles. The topological polar surface area (TPSA) is 101 Å². The van der Waals surface area contributed by atoms with Gasteiger partial charge in [-0.2, -0.15) is 0 Å². The van der Waals surface area contributed by atoms with Crippen LogP contribution in [-0.2, 0) is 9.59 Å². The van der Waals surface area contributed by atoms with Crippen molar-refractivity contribution in [2.75, 3.05) is 4.90 Å². The average Bonchev–Trinajstić information content (AvgIpc) is 3.05. The molecule has 0 bridgehead atoms. The average molecular weight is 436 g/mol. The maximum absolute atomic E-state index is 13.5. The minimum Gasteiger partial charge on any atom is -0.507 e. The molecule has 0 spiro atoms. The molecule has 0 aliphatic carbocycles. The van der Waals surface area contributed by atoms with Crippen LogP contribution in [0.15, 0.2) is 78.4 Å². The maximum Gasteiger partial charge on any atom is 0.300 e. The van der Waals surface area contributed by atoms with Gasteiger partial charge in [-0.25, -0.2) is 8.78 Å². The van der Waals surface area contributed by atoms with Crippen LogP contribution in [0.3, 0.4) is 0 Å². The van der Waals surface area contributed by atoms with Crippen LogP contribution in [0.5, 0.6) is 0 Å². The van der Waals surface area contributed by atoms with Gasteiger partial charge < -0.3 is 5.11 Å². The molecular weight excluding hydrogens is 422 g/mol. The number of ketones is 1. The van der Waals surface area contributed by atoms with Gasteiger partial charge in [-0.05, 0) is 54.1 Å². The molecule has 1 N–H and O–H groups in total. The molecule has 1 amide bonds. The number of aliphatic hydroxyl groups excluding tert-OH is 1. The molecule has 1 aliphatic rings. The van der Waals surface area contributed by atoms with E-state index in [4.69, 9.17) is 0 Å². The Morgan fingerprint density at radius 1 is 0.875 bits per heavy atom. The zero-order valence-electron chi connectivity index (χ0n) is 16.2. The van der Waals surface area contributed by atoms with Gasteiger partial charge in [0.15, 0.2) is 0 Å². The normalized spacial score (nSPS) is 17.6.